The summed E-state index contributed by atoms with van der Waals surface area (Å²) in [6, 6.07) is 16.7. The number of benzene rings is 3. The molecule has 0 spiro atoms. The van der Waals surface area contributed by atoms with E-state index in [9.17, 15) is 14.4 Å². The number of fused-ring (bicyclic) bond motifs is 1. The van der Waals surface area contributed by atoms with Crippen LogP contribution in [0.1, 0.15) is 20.7 Å². The van der Waals surface area contributed by atoms with E-state index in [1.807, 2.05) is 18.2 Å². The second kappa shape index (κ2) is 8.88. The zero-order valence-corrected chi connectivity index (χ0v) is 15.9. The van der Waals surface area contributed by atoms with Crippen LogP contribution in [0.15, 0.2) is 60.7 Å². The van der Waals surface area contributed by atoms with Crippen molar-refractivity contribution in [1.29, 1.82) is 0 Å². The van der Waals surface area contributed by atoms with Gasteiger partial charge >= 0.3 is 11.9 Å². The summed E-state index contributed by atoms with van der Waals surface area (Å²) in [6.45, 7) is -0.446. The first kappa shape index (κ1) is 19.9. The van der Waals surface area contributed by atoms with Crippen molar-refractivity contribution in [3.63, 3.8) is 0 Å². The Balaban J connectivity index is 1.64. The van der Waals surface area contributed by atoms with Crippen LogP contribution in [0.5, 0.6) is 5.75 Å². The number of hydrogen-bond donors (Lipinski definition) is 1. The van der Waals surface area contributed by atoms with Crippen LogP contribution >= 0.6 is 0 Å². The molecule has 0 atom stereocenters. The molecule has 1 amide bonds. The molecule has 0 aliphatic heterocycles. The molecular weight excluding hydrogens is 374 g/mol. The van der Waals surface area contributed by atoms with Gasteiger partial charge in [-0.25, -0.2) is 9.59 Å². The van der Waals surface area contributed by atoms with E-state index in [0.717, 1.165) is 5.39 Å². The Morgan fingerprint density at radius 1 is 0.828 bits per heavy atom. The zero-order valence-electron chi connectivity index (χ0n) is 15.9. The van der Waals surface area contributed by atoms with Gasteiger partial charge in [-0.2, -0.15) is 0 Å². The van der Waals surface area contributed by atoms with Crippen LogP contribution in [0.3, 0.4) is 0 Å². The van der Waals surface area contributed by atoms with E-state index < -0.39 is 24.5 Å². The third-order valence-electron chi connectivity index (χ3n) is 4.25. The molecule has 0 bridgehead atoms. The molecule has 0 aliphatic rings. The molecule has 3 aromatic carbocycles. The fourth-order valence-corrected chi connectivity index (χ4v) is 2.84. The Labute approximate surface area is 167 Å². The number of rotatable bonds is 6. The summed E-state index contributed by atoms with van der Waals surface area (Å²) >= 11 is 0. The number of carbonyl (C=O) groups is 3. The van der Waals surface area contributed by atoms with Gasteiger partial charge < -0.3 is 19.5 Å². The van der Waals surface area contributed by atoms with Crippen molar-refractivity contribution in [2.75, 3.05) is 26.1 Å². The molecule has 7 heteroatoms. The Morgan fingerprint density at radius 2 is 1.52 bits per heavy atom. The van der Waals surface area contributed by atoms with E-state index in [4.69, 9.17) is 9.47 Å². The lowest BCUT2D eigenvalue weighted by Gasteiger charge is -2.11. The second-order valence-corrected chi connectivity index (χ2v) is 6.05. The quantitative estimate of drug-likeness (QED) is 0.645. The van der Waals surface area contributed by atoms with E-state index >= 15 is 0 Å². The first-order valence-electron chi connectivity index (χ1n) is 8.74. The van der Waals surface area contributed by atoms with Crippen molar-refractivity contribution in [1.82, 2.24) is 0 Å². The van der Waals surface area contributed by atoms with Gasteiger partial charge in [-0.05, 0) is 41.8 Å². The van der Waals surface area contributed by atoms with Gasteiger partial charge in [0.1, 0.15) is 5.75 Å². The van der Waals surface area contributed by atoms with Gasteiger partial charge in [-0.1, -0.05) is 24.3 Å². The van der Waals surface area contributed by atoms with Gasteiger partial charge in [0.25, 0.3) is 5.91 Å². The highest BCUT2D eigenvalue weighted by atomic mass is 16.5. The monoisotopic (exact) mass is 393 g/mol. The van der Waals surface area contributed by atoms with Crippen LogP contribution in [0.2, 0.25) is 0 Å². The Hall–Kier alpha value is -3.87. The van der Waals surface area contributed by atoms with Gasteiger partial charge in [0.15, 0.2) is 6.61 Å². The maximum atomic E-state index is 12.5. The molecule has 29 heavy (non-hydrogen) atoms. The molecule has 0 radical (unpaired) electrons. The molecule has 0 saturated heterocycles. The lowest BCUT2D eigenvalue weighted by Crippen LogP contribution is -2.21. The van der Waals surface area contributed by atoms with Crippen molar-refractivity contribution >= 4 is 34.3 Å². The summed E-state index contributed by atoms with van der Waals surface area (Å²) in [4.78, 5) is 36.0. The highest BCUT2D eigenvalue weighted by Crippen LogP contribution is 2.28. The molecule has 0 aromatic heterocycles. The fourth-order valence-electron chi connectivity index (χ4n) is 2.84. The van der Waals surface area contributed by atoms with Crippen LogP contribution in [-0.4, -0.2) is 38.7 Å². The lowest BCUT2D eigenvalue weighted by molar-refractivity contribution is -0.119. The molecule has 3 aromatic rings. The summed E-state index contributed by atoms with van der Waals surface area (Å²) in [5.41, 5.74) is 1.17. The normalized spacial score (nSPS) is 10.3. The maximum Gasteiger partial charge on any atom is 0.339 e. The van der Waals surface area contributed by atoms with Gasteiger partial charge in [0, 0.05) is 11.1 Å². The third kappa shape index (κ3) is 4.52. The first-order chi connectivity index (χ1) is 14.0. The Bertz CT molecular complexity index is 1060. The third-order valence-corrected chi connectivity index (χ3v) is 4.25. The fraction of sp³-hybridized carbons (Fsp3) is 0.136. The van der Waals surface area contributed by atoms with Crippen LogP contribution in [0, 0.1) is 0 Å². The Morgan fingerprint density at radius 3 is 2.17 bits per heavy atom. The molecule has 7 nitrogen and oxygen atoms in total. The van der Waals surface area contributed by atoms with E-state index in [-0.39, 0.29) is 0 Å². The maximum absolute atomic E-state index is 12.5. The Kier molecular flexibility index (Phi) is 6.09. The van der Waals surface area contributed by atoms with Crippen molar-refractivity contribution < 1.29 is 28.6 Å². The molecule has 0 fully saturated rings. The van der Waals surface area contributed by atoms with Gasteiger partial charge in [-0.15, -0.1) is 0 Å². The minimum Gasteiger partial charge on any atom is -0.496 e. The van der Waals surface area contributed by atoms with E-state index in [1.165, 1.54) is 19.2 Å². The van der Waals surface area contributed by atoms with E-state index in [1.54, 1.807) is 37.4 Å². The van der Waals surface area contributed by atoms with Gasteiger partial charge in [0.05, 0.1) is 25.3 Å². The van der Waals surface area contributed by atoms with E-state index in [0.29, 0.717) is 28.0 Å². The average Bonchev–Trinajstić information content (AvgIpc) is 2.76. The SMILES string of the molecule is COC(=O)c1ccc(NC(=O)COC(=O)c2ccc(OC)c3ccccc23)cc1. The van der Waals surface area contributed by atoms with Crippen molar-refractivity contribution in [2.24, 2.45) is 0 Å². The largest absolute Gasteiger partial charge is 0.496 e. The lowest BCUT2D eigenvalue weighted by atomic mass is 10.0. The first-order valence-corrected chi connectivity index (χ1v) is 8.74. The predicted molar refractivity (Wildman–Crippen MR) is 107 cm³/mol. The molecular formula is C22H19NO6. The highest BCUT2D eigenvalue weighted by Gasteiger charge is 2.15. The number of anilines is 1. The van der Waals surface area contributed by atoms with Crippen LogP contribution in [-0.2, 0) is 14.3 Å². The molecule has 3 rings (SSSR count). The van der Waals surface area contributed by atoms with Crippen LogP contribution < -0.4 is 10.1 Å². The summed E-state index contributed by atoms with van der Waals surface area (Å²) in [7, 11) is 2.85. The van der Waals surface area contributed by atoms with Crippen molar-refractivity contribution in [2.45, 2.75) is 0 Å². The van der Waals surface area contributed by atoms with Crippen molar-refractivity contribution in [3.8, 4) is 5.75 Å². The number of hydrogen-bond acceptors (Lipinski definition) is 6. The second-order valence-electron chi connectivity index (χ2n) is 6.05. The van der Waals surface area contributed by atoms with Crippen LogP contribution in [0.25, 0.3) is 10.8 Å². The van der Waals surface area contributed by atoms with Crippen molar-refractivity contribution in [3.05, 3.63) is 71.8 Å². The summed E-state index contributed by atoms with van der Waals surface area (Å²) in [5, 5.41) is 4.05. The molecule has 0 heterocycles. The summed E-state index contributed by atoms with van der Waals surface area (Å²) in [6.07, 6.45) is 0. The number of carbonyl (C=O) groups excluding carboxylic acids is 3. The molecule has 148 valence electrons. The summed E-state index contributed by atoms with van der Waals surface area (Å²) < 4.78 is 15.1. The van der Waals surface area contributed by atoms with Gasteiger partial charge in [0.2, 0.25) is 0 Å². The number of esters is 2. The molecule has 0 unspecified atom stereocenters. The average molecular weight is 393 g/mol. The smallest absolute Gasteiger partial charge is 0.339 e. The summed E-state index contributed by atoms with van der Waals surface area (Å²) in [5.74, 6) is -0.934. The number of amides is 1. The van der Waals surface area contributed by atoms with Gasteiger partial charge in [-0.3, -0.25) is 4.79 Å². The minimum atomic E-state index is -0.611. The molecule has 1 N–H and O–H groups in total. The van der Waals surface area contributed by atoms with Crippen LogP contribution in [0.4, 0.5) is 5.69 Å². The molecule has 0 saturated carbocycles. The number of methoxy groups -OCH3 is 2. The number of ether oxygens (including phenoxy) is 3. The predicted octanol–water partition coefficient (Wildman–Crippen LogP) is 3.43. The van der Waals surface area contributed by atoms with E-state index in [2.05, 4.69) is 10.1 Å². The topological polar surface area (TPSA) is 90.9 Å². The number of nitrogens with one attached hydrogen (secondary N) is 1. The zero-order chi connectivity index (χ0) is 20.8. The molecule has 0 aliphatic carbocycles. The minimum absolute atomic E-state index is 0.344. The highest BCUT2D eigenvalue weighted by molar-refractivity contribution is 6.07. The standard InChI is InChI=1S/C22H19NO6/c1-27-19-12-11-18(16-5-3-4-6-17(16)19)22(26)29-13-20(24)23-15-9-7-14(8-10-15)21(25)28-2/h3-12H,13H2,1-2H3,(H,23,24).